The fourth-order valence-electron chi connectivity index (χ4n) is 2.41. The summed E-state index contributed by atoms with van der Waals surface area (Å²) in [6, 6.07) is 0.598. The number of nitrogens with zero attached hydrogens (tertiary/aromatic N) is 1. The largest absolute Gasteiger partial charge is 0.353 e. The third kappa shape index (κ3) is 6.97. The molecular formula is C14H29N3O. The highest BCUT2D eigenvalue weighted by atomic mass is 16.1. The Morgan fingerprint density at radius 1 is 1.11 bits per heavy atom. The summed E-state index contributed by atoms with van der Waals surface area (Å²) < 4.78 is 0. The molecule has 0 aromatic carbocycles. The number of likely N-dealkylation sites (tertiary alicyclic amines) is 1. The number of carbonyl (C=O) groups is 1. The van der Waals surface area contributed by atoms with Crippen LogP contribution in [0, 0.1) is 0 Å². The van der Waals surface area contributed by atoms with Crippen LogP contribution in [-0.4, -0.2) is 49.1 Å². The first-order valence-corrected chi connectivity index (χ1v) is 7.33. The van der Waals surface area contributed by atoms with Crippen LogP contribution >= 0.6 is 0 Å². The normalized spacial score (nSPS) is 19.6. The lowest BCUT2D eigenvalue weighted by Gasteiger charge is -2.24. The molecule has 1 saturated heterocycles. The number of carbonyl (C=O) groups excluding carboxylic acids is 1. The predicted molar refractivity (Wildman–Crippen MR) is 75.7 cm³/mol. The summed E-state index contributed by atoms with van der Waals surface area (Å²) in [5.74, 6) is 0.0905. The molecule has 0 saturated carbocycles. The van der Waals surface area contributed by atoms with E-state index in [9.17, 15) is 4.79 Å². The predicted octanol–water partition coefficient (Wildman–Crippen LogP) is 1.37. The van der Waals surface area contributed by atoms with E-state index in [0.29, 0.717) is 12.6 Å². The molecule has 0 bridgehead atoms. The molecule has 1 aliphatic rings. The van der Waals surface area contributed by atoms with E-state index in [1.165, 1.54) is 38.8 Å². The Morgan fingerprint density at radius 3 is 2.28 bits per heavy atom. The van der Waals surface area contributed by atoms with Crippen molar-refractivity contribution in [3.05, 3.63) is 0 Å². The third-order valence-corrected chi connectivity index (χ3v) is 3.29. The molecule has 0 unspecified atom stereocenters. The summed E-state index contributed by atoms with van der Waals surface area (Å²) in [6.45, 7) is 10.0. The summed E-state index contributed by atoms with van der Waals surface area (Å²) in [4.78, 5) is 14.0. The molecule has 1 atom stereocenters. The molecule has 0 radical (unpaired) electrons. The van der Waals surface area contributed by atoms with Crippen LogP contribution in [0.4, 0.5) is 0 Å². The van der Waals surface area contributed by atoms with Gasteiger partial charge in [0.1, 0.15) is 0 Å². The molecule has 0 aromatic rings. The van der Waals surface area contributed by atoms with Crippen LogP contribution in [0.25, 0.3) is 0 Å². The van der Waals surface area contributed by atoms with E-state index in [2.05, 4.69) is 22.5 Å². The lowest BCUT2D eigenvalue weighted by Crippen LogP contribution is -2.45. The molecule has 1 heterocycles. The van der Waals surface area contributed by atoms with E-state index in [1.807, 2.05) is 13.8 Å². The van der Waals surface area contributed by atoms with Crippen LogP contribution in [0.3, 0.4) is 0 Å². The SMILES string of the molecule is CC(C)NC(=O)CN[C@@H](C)CN1CCCCCC1. The average molecular weight is 255 g/mol. The maximum atomic E-state index is 11.5. The van der Waals surface area contributed by atoms with Crippen molar-refractivity contribution in [3.8, 4) is 0 Å². The van der Waals surface area contributed by atoms with Gasteiger partial charge in [-0.2, -0.15) is 0 Å². The lowest BCUT2D eigenvalue weighted by atomic mass is 10.2. The van der Waals surface area contributed by atoms with Gasteiger partial charge in [0.2, 0.25) is 5.91 Å². The Balaban J connectivity index is 2.15. The average Bonchev–Trinajstić information content (AvgIpc) is 2.54. The highest BCUT2D eigenvalue weighted by Crippen LogP contribution is 2.09. The first-order chi connectivity index (χ1) is 8.58. The van der Waals surface area contributed by atoms with Gasteiger partial charge in [-0.25, -0.2) is 0 Å². The number of rotatable bonds is 6. The summed E-state index contributed by atoms with van der Waals surface area (Å²) in [5, 5.41) is 6.20. The summed E-state index contributed by atoms with van der Waals surface area (Å²) >= 11 is 0. The second-order valence-corrected chi connectivity index (χ2v) is 5.72. The second-order valence-electron chi connectivity index (χ2n) is 5.72. The molecule has 4 nitrogen and oxygen atoms in total. The van der Waals surface area contributed by atoms with E-state index in [1.54, 1.807) is 0 Å². The molecule has 1 amide bonds. The van der Waals surface area contributed by atoms with Gasteiger partial charge in [0.05, 0.1) is 6.54 Å². The molecule has 0 spiro atoms. The van der Waals surface area contributed by atoms with Crippen molar-refractivity contribution in [1.82, 2.24) is 15.5 Å². The van der Waals surface area contributed by atoms with E-state index in [4.69, 9.17) is 0 Å². The Labute approximate surface area is 111 Å². The van der Waals surface area contributed by atoms with Crippen molar-refractivity contribution in [2.75, 3.05) is 26.2 Å². The van der Waals surface area contributed by atoms with Crippen molar-refractivity contribution in [3.63, 3.8) is 0 Å². The lowest BCUT2D eigenvalue weighted by molar-refractivity contribution is -0.120. The standard InChI is InChI=1S/C14H29N3O/c1-12(2)16-14(18)10-15-13(3)11-17-8-6-4-5-7-9-17/h12-13,15H,4-11H2,1-3H3,(H,16,18)/t13-/m0/s1. The molecule has 0 aromatic heterocycles. The minimum Gasteiger partial charge on any atom is -0.353 e. The highest BCUT2D eigenvalue weighted by Gasteiger charge is 2.13. The van der Waals surface area contributed by atoms with Gasteiger partial charge in [-0.3, -0.25) is 4.79 Å². The molecule has 1 rings (SSSR count). The van der Waals surface area contributed by atoms with Gasteiger partial charge in [0, 0.05) is 18.6 Å². The van der Waals surface area contributed by atoms with Crippen molar-refractivity contribution in [2.24, 2.45) is 0 Å². The second kappa shape index (κ2) is 8.48. The number of hydrogen-bond donors (Lipinski definition) is 2. The minimum absolute atomic E-state index is 0.0905. The zero-order valence-electron chi connectivity index (χ0n) is 12.2. The van der Waals surface area contributed by atoms with Gasteiger partial charge >= 0.3 is 0 Å². The summed E-state index contributed by atoms with van der Waals surface area (Å²) in [7, 11) is 0. The van der Waals surface area contributed by atoms with Crippen LogP contribution in [0.5, 0.6) is 0 Å². The number of hydrogen-bond acceptors (Lipinski definition) is 3. The van der Waals surface area contributed by atoms with Gasteiger partial charge in [-0.15, -0.1) is 0 Å². The smallest absolute Gasteiger partial charge is 0.234 e. The summed E-state index contributed by atoms with van der Waals surface area (Å²) in [6.07, 6.45) is 5.38. The van der Waals surface area contributed by atoms with Gasteiger partial charge in [-0.1, -0.05) is 12.8 Å². The summed E-state index contributed by atoms with van der Waals surface area (Å²) in [5.41, 5.74) is 0. The molecule has 1 fully saturated rings. The van der Waals surface area contributed by atoms with Crippen LogP contribution < -0.4 is 10.6 Å². The maximum Gasteiger partial charge on any atom is 0.234 e. The first kappa shape index (κ1) is 15.4. The highest BCUT2D eigenvalue weighted by molar-refractivity contribution is 5.78. The van der Waals surface area contributed by atoms with E-state index in [0.717, 1.165) is 6.54 Å². The zero-order chi connectivity index (χ0) is 13.4. The fourth-order valence-corrected chi connectivity index (χ4v) is 2.41. The fraction of sp³-hybridized carbons (Fsp3) is 0.929. The van der Waals surface area contributed by atoms with Crippen LogP contribution in [0.15, 0.2) is 0 Å². The topological polar surface area (TPSA) is 44.4 Å². The third-order valence-electron chi connectivity index (χ3n) is 3.29. The number of amides is 1. The van der Waals surface area contributed by atoms with Gasteiger partial charge < -0.3 is 15.5 Å². The quantitative estimate of drug-likeness (QED) is 0.753. The first-order valence-electron chi connectivity index (χ1n) is 7.33. The Hall–Kier alpha value is -0.610. The van der Waals surface area contributed by atoms with Crippen LogP contribution in [0.2, 0.25) is 0 Å². The minimum atomic E-state index is 0.0905. The van der Waals surface area contributed by atoms with E-state index >= 15 is 0 Å². The van der Waals surface area contributed by atoms with E-state index < -0.39 is 0 Å². The number of nitrogens with one attached hydrogen (secondary N) is 2. The zero-order valence-corrected chi connectivity index (χ0v) is 12.2. The molecule has 106 valence electrons. The molecule has 1 aliphatic heterocycles. The van der Waals surface area contributed by atoms with Crippen molar-refractivity contribution >= 4 is 5.91 Å². The Morgan fingerprint density at radius 2 is 1.72 bits per heavy atom. The Bertz CT molecular complexity index is 235. The van der Waals surface area contributed by atoms with Gasteiger partial charge in [0.15, 0.2) is 0 Å². The molecular weight excluding hydrogens is 226 g/mol. The van der Waals surface area contributed by atoms with Crippen LogP contribution in [-0.2, 0) is 4.79 Å². The van der Waals surface area contributed by atoms with Gasteiger partial charge in [0.25, 0.3) is 0 Å². The van der Waals surface area contributed by atoms with Crippen molar-refractivity contribution < 1.29 is 4.79 Å². The molecule has 2 N–H and O–H groups in total. The molecule has 0 aliphatic carbocycles. The van der Waals surface area contributed by atoms with E-state index in [-0.39, 0.29) is 11.9 Å². The van der Waals surface area contributed by atoms with Crippen molar-refractivity contribution in [1.29, 1.82) is 0 Å². The maximum absolute atomic E-state index is 11.5. The molecule has 4 heteroatoms. The monoisotopic (exact) mass is 255 g/mol. The molecule has 18 heavy (non-hydrogen) atoms. The van der Waals surface area contributed by atoms with Crippen molar-refractivity contribution in [2.45, 2.75) is 58.5 Å². The van der Waals surface area contributed by atoms with Gasteiger partial charge in [-0.05, 0) is 46.7 Å². The Kier molecular flexibility index (Phi) is 7.28. The van der Waals surface area contributed by atoms with Crippen LogP contribution in [0.1, 0.15) is 46.5 Å².